The monoisotopic (exact) mass is 161 g/mol. The fourth-order valence-electron chi connectivity index (χ4n) is 0.462. The maximum atomic E-state index is 10.8. The average molecular weight is 161 g/mol. The molecule has 0 aromatic rings. The largest absolute Gasteiger partial charge is 0.465 e. The molecule has 0 spiro atoms. The molecule has 0 saturated carbocycles. The van der Waals surface area contributed by atoms with E-state index in [0.29, 0.717) is 13.0 Å². The molecule has 0 saturated heterocycles. The Morgan fingerprint density at radius 3 is 2.60 bits per heavy atom. The first kappa shape index (κ1) is 9.82. The van der Waals surface area contributed by atoms with Crippen LogP contribution in [0.4, 0.5) is 0 Å². The Labute approximate surface area is 67.4 Å². The van der Waals surface area contributed by atoms with E-state index in [1.165, 1.54) is 0 Å². The van der Waals surface area contributed by atoms with E-state index < -0.39 is 0 Å². The predicted molar refractivity (Wildman–Crippen MR) is 42.9 cm³/mol. The van der Waals surface area contributed by atoms with Gasteiger partial charge < -0.3 is 4.74 Å². The third-order valence-corrected chi connectivity index (χ3v) is 1.61. The van der Waals surface area contributed by atoms with Gasteiger partial charge in [0.05, 0.1) is 6.61 Å². The number of carbonyl (C=O) groups excluding carboxylic acids is 1. The van der Waals surface area contributed by atoms with E-state index in [1.54, 1.807) is 0 Å². The molecule has 0 amide bonds. The summed E-state index contributed by atoms with van der Waals surface area (Å²) >= 11 is 4.80. The van der Waals surface area contributed by atoms with E-state index in [9.17, 15) is 4.79 Å². The minimum absolute atomic E-state index is 0.251. The van der Waals surface area contributed by atoms with Crippen molar-refractivity contribution in [3.05, 3.63) is 0 Å². The van der Waals surface area contributed by atoms with Gasteiger partial charge in [0.2, 0.25) is 0 Å². The third-order valence-electron chi connectivity index (χ3n) is 1.08. The van der Waals surface area contributed by atoms with Crippen molar-refractivity contribution in [2.45, 2.75) is 31.9 Å². The average Bonchev–Trinajstić information content (AvgIpc) is 1.98. The normalized spacial score (nSPS) is 12.7. The molecule has 1 radical (unpaired) electrons. The number of esters is 1. The molecule has 0 aliphatic heterocycles. The Bertz CT molecular complexity index is 104. The zero-order valence-electron chi connectivity index (χ0n) is 6.42. The van der Waals surface area contributed by atoms with Gasteiger partial charge in [0, 0.05) is 0 Å². The second-order valence-electron chi connectivity index (χ2n) is 2.06. The Kier molecular flexibility index (Phi) is 5.49. The van der Waals surface area contributed by atoms with Crippen molar-refractivity contribution in [1.82, 2.24) is 0 Å². The molecule has 0 bridgehead atoms. The lowest BCUT2D eigenvalue weighted by molar-refractivity contribution is -0.142. The molecule has 59 valence electrons. The molecule has 0 aromatic carbocycles. The van der Waals surface area contributed by atoms with Gasteiger partial charge in [-0.25, -0.2) is 0 Å². The first-order chi connectivity index (χ1) is 4.72. The van der Waals surface area contributed by atoms with Crippen LogP contribution in [0.1, 0.15) is 26.7 Å². The van der Waals surface area contributed by atoms with Gasteiger partial charge in [-0.3, -0.25) is 4.79 Å². The molecule has 0 rings (SSSR count). The predicted octanol–water partition coefficient (Wildman–Crippen LogP) is 1.92. The van der Waals surface area contributed by atoms with Gasteiger partial charge in [0.25, 0.3) is 0 Å². The molecule has 0 aliphatic rings. The van der Waals surface area contributed by atoms with Crippen LogP contribution in [0.15, 0.2) is 0 Å². The van der Waals surface area contributed by atoms with Crippen molar-refractivity contribution in [2.75, 3.05) is 6.61 Å². The quantitative estimate of drug-likeness (QED) is 0.589. The summed E-state index contributed by atoms with van der Waals surface area (Å²) in [6.45, 7) is 4.33. The van der Waals surface area contributed by atoms with E-state index >= 15 is 0 Å². The Hall–Kier alpha value is -0.180. The number of hydrogen-bond acceptors (Lipinski definition) is 2. The number of rotatable bonds is 4. The van der Waals surface area contributed by atoms with Crippen LogP contribution in [-0.2, 0) is 9.53 Å². The van der Waals surface area contributed by atoms with E-state index in [-0.39, 0.29) is 11.2 Å². The zero-order chi connectivity index (χ0) is 7.98. The lowest BCUT2D eigenvalue weighted by Gasteiger charge is -2.05. The Morgan fingerprint density at radius 1 is 1.60 bits per heavy atom. The van der Waals surface area contributed by atoms with Crippen molar-refractivity contribution in [2.24, 2.45) is 0 Å². The molecule has 0 fully saturated rings. The van der Waals surface area contributed by atoms with Gasteiger partial charge in [-0.15, -0.1) is 0 Å². The van der Waals surface area contributed by atoms with Crippen LogP contribution < -0.4 is 0 Å². The van der Waals surface area contributed by atoms with Crippen LogP contribution in [0, 0.1) is 0 Å². The lowest BCUT2D eigenvalue weighted by Crippen LogP contribution is -2.17. The fourth-order valence-corrected chi connectivity index (χ4v) is 0.530. The first-order valence-corrected chi connectivity index (χ1v) is 4.02. The van der Waals surface area contributed by atoms with Gasteiger partial charge in [-0.05, 0) is 12.8 Å². The molecule has 3 heteroatoms. The van der Waals surface area contributed by atoms with Gasteiger partial charge in [0.1, 0.15) is 5.25 Å². The summed E-state index contributed by atoms with van der Waals surface area (Å²) in [5, 5.41) is -0.355. The summed E-state index contributed by atoms with van der Waals surface area (Å²) < 4.78 is 4.80. The van der Waals surface area contributed by atoms with Crippen LogP contribution in [0.25, 0.3) is 0 Å². The second kappa shape index (κ2) is 5.59. The maximum Gasteiger partial charge on any atom is 0.319 e. The van der Waals surface area contributed by atoms with Crippen molar-refractivity contribution in [1.29, 1.82) is 0 Å². The van der Waals surface area contributed by atoms with Crippen molar-refractivity contribution >= 4 is 18.6 Å². The number of carbonyl (C=O) groups is 1. The summed E-state index contributed by atoms with van der Waals surface area (Å²) in [6.07, 6.45) is 1.54. The zero-order valence-corrected chi connectivity index (χ0v) is 7.24. The van der Waals surface area contributed by atoms with Crippen LogP contribution in [0.2, 0.25) is 0 Å². The van der Waals surface area contributed by atoms with E-state index in [0.717, 1.165) is 6.42 Å². The van der Waals surface area contributed by atoms with Crippen LogP contribution in [0.3, 0.4) is 0 Å². The molecule has 0 heterocycles. The Balaban J connectivity index is 3.42. The number of hydrogen-bond donors (Lipinski definition) is 0. The summed E-state index contributed by atoms with van der Waals surface area (Å²) in [4.78, 5) is 10.8. The van der Waals surface area contributed by atoms with Gasteiger partial charge >= 0.3 is 5.97 Å². The SMILES string of the molecule is CCCOC(=O)C([S])CC. The van der Waals surface area contributed by atoms with Crippen LogP contribution in [0.5, 0.6) is 0 Å². The van der Waals surface area contributed by atoms with Crippen LogP contribution in [-0.4, -0.2) is 17.8 Å². The van der Waals surface area contributed by atoms with Gasteiger partial charge in [-0.2, -0.15) is 0 Å². The lowest BCUT2D eigenvalue weighted by atomic mass is 10.3. The smallest absolute Gasteiger partial charge is 0.319 e. The maximum absolute atomic E-state index is 10.8. The van der Waals surface area contributed by atoms with E-state index in [1.807, 2.05) is 13.8 Å². The van der Waals surface area contributed by atoms with Crippen LogP contribution >= 0.6 is 12.6 Å². The van der Waals surface area contributed by atoms with E-state index in [2.05, 4.69) is 0 Å². The first-order valence-electron chi connectivity index (χ1n) is 3.54. The minimum atomic E-state index is -0.355. The highest BCUT2D eigenvalue weighted by Gasteiger charge is 2.12. The van der Waals surface area contributed by atoms with Crippen molar-refractivity contribution in [3.8, 4) is 0 Å². The van der Waals surface area contributed by atoms with Gasteiger partial charge in [0.15, 0.2) is 0 Å². The van der Waals surface area contributed by atoms with E-state index in [4.69, 9.17) is 17.4 Å². The summed E-state index contributed by atoms with van der Waals surface area (Å²) in [5.41, 5.74) is 0. The summed E-state index contributed by atoms with van der Waals surface area (Å²) in [6, 6.07) is 0. The number of ether oxygens (including phenoxy) is 1. The molecule has 0 N–H and O–H groups in total. The summed E-state index contributed by atoms with van der Waals surface area (Å²) in [7, 11) is 0. The van der Waals surface area contributed by atoms with Crippen molar-refractivity contribution in [3.63, 3.8) is 0 Å². The molecular weight excluding hydrogens is 148 g/mol. The third kappa shape index (κ3) is 3.77. The second-order valence-corrected chi connectivity index (χ2v) is 2.63. The minimum Gasteiger partial charge on any atom is -0.465 e. The molecule has 1 atom stereocenters. The molecule has 0 aliphatic carbocycles. The highest BCUT2D eigenvalue weighted by Crippen LogP contribution is 2.02. The van der Waals surface area contributed by atoms with Crippen molar-refractivity contribution < 1.29 is 9.53 Å². The molecule has 2 nitrogen and oxygen atoms in total. The molecule has 1 unspecified atom stereocenters. The topological polar surface area (TPSA) is 26.3 Å². The highest BCUT2D eigenvalue weighted by molar-refractivity contribution is 7.81. The fraction of sp³-hybridized carbons (Fsp3) is 0.857. The molecular formula is C7H13O2S. The Morgan fingerprint density at radius 2 is 2.20 bits per heavy atom. The molecule has 0 aromatic heterocycles. The standard InChI is InChI=1S/C7H13O2S/c1-3-5-9-7(8)6(10)4-2/h6H,3-5H2,1-2H3. The van der Waals surface area contributed by atoms with Gasteiger partial charge in [-0.1, -0.05) is 26.5 Å². The highest BCUT2D eigenvalue weighted by atomic mass is 32.1. The molecule has 10 heavy (non-hydrogen) atoms. The summed E-state index contributed by atoms with van der Waals surface area (Å²) in [5.74, 6) is -0.251.